The fraction of sp³-hybridized carbons (Fsp3) is 0.250. The number of methoxy groups -OCH3 is 1. The molecule has 0 bridgehead atoms. The summed E-state index contributed by atoms with van der Waals surface area (Å²) in [6, 6.07) is 24.1. The van der Waals surface area contributed by atoms with Crippen molar-refractivity contribution in [3.63, 3.8) is 0 Å². The third-order valence-corrected chi connectivity index (χ3v) is 5.49. The molecule has 170 valence electrons. The summed E-state index contributed by atoms with van der Waals surface area (Å²) in [5.74, 6) is 3.24. The van der Waals surface area contributed by atoms with Crippen molar-refractivity contribution < 1.29 is 14.2 Å². The molecule has 0 N–H and O–H groups in total. The third-order valence-electron chi connectivity index (χ3n) is 5.49. The number of hydrogen-bond donors (Lipinski definition) is 0. The highest BCUT2D eigenvalue weighted by Gasteiger charge is 2.13. The Morgan fingerprint density at radius 1 is 0.909 bits per heavy atom. The number of aromatic nitrogens is 2. The number of nitrogens with zero attached hydrogens (tertiary/aromatic N) is 2. The van der Waals surface area contributed by atoms with E-state index < -0.39 is 0 Å². The first-order chi connectivity index (χ1) is 16.3. The molecule has 3 aromatic carbocycles. The van der Waals surface area contributed by atoms with E-state index in [1.165, 1.54) is 0 Å². The van der Waals surface area contributed by atoms with Crippen LogP contribution in [0.4, 0.5) is 0 Å². The minimum absolute atomic E-state index is 0.367. The maximum absolute atomic E-state index is 6.14. The molecule has 5 heteroatoms. The van der Waals surface area contributed by atoms with Gasteiger partial charge in [0.15, 0.2) is 11.5 Å². The van der Waals surface area contributed by atoms with Crippen LogP contribution in [0, 0.1) is 0 Å². The molecule has 0 saturated carbocycles. The van der Waals surface area contributed by atoms with Crippen LogP contribution in [0.15, 0.2) is 85.5 Å². The van der Waals surface area contributed by atoms with Crippen molar-refractivity contribution in [2.24, 2.45) is 0 Å². The Morgan fingerprint density at radius 3 is 2.55 bits per heavy atom. The molecule has 0 aliphatic carbocycles. The molecule has 0 fully saturated rings. The fourth-order valence-corrected chi connectivity index (χ4v) is 3.83. The van der Waals surface area contributed by atoms with Gasteiger partial charge in [-0.05, 0) is 61.2 Å². The minimum atomic E-state index is 0.367. The normalized spacial score (nSPS) is 10.8. The van der Waals surface area contributed by atoms with Crippen LogP contribution < -0.4 is 14.2 Å². The lowest BCUT2D eigenvalue weighted by Crippen LogP contribution is -2.09. The number of fused-ring (bicyclic) bond motifs is 1. The lowest BCUT2D eigenvalue weighted by Gasteiger charge is -2.13. The SMILES string of the molecule is C=CCc1ccc(OCc2nc3ccccc3n2CCCCOc2ccccc2)c(OC)c1. The Morgan fingerprint density at radius 2 is 1.73 bits per heavy atom. The van der Waals surface area contributed by atoms with Gasteiger partial charge in [0.25, 0.3) is 0 Å². The van der Waals surface area contributed by atoms with E-state index in [0.29, 0.717) is 19.0 Å². The van der Waals surface area contributed by atoms with Crippen molar-refractivity contribution >= 4 is 11.0 Å². The Kier molecular flexibility index (Phi) is 7.64. The molecule has 0 atom stereocenters. The largest absolute Gasteiger partial charge is 0.494 e. The van der Waals surface area contributed by atoms with Gasteiger partial charge in [0.05, 0.1) is 24.8 Å². The zero-order valence-electron chi connectivity index (χ0n) is 19.1. The van der Waals surface area contributed by atoms with Crippen LogP contribution in [0.3, 0.4) is 0 Å². The number of ether oxygens (including phenoxy) is 3. The Hall–Kier alpha value is -3.73. The van der Waals surface area contributed by atoms with Crippen molar-refractivity contribution in [3.8, 4) is 17.2 Å². The third kappa shape index (κ3) is 5.75. The average molecular weight is 443 g/mol. The summed E-state index contributed by atoms with van der Waals surface area (Å²) < 4.78 is 19.8. The number of unbranched alkanes of at least 4 members (excludes halogenated alkanes) is 1. The molecular formula is C28H30N2O3. The average Bonchev–Trinajstić information content (AvgIpc) is 3.21. The number of hydrogen-bond acceptors (Lipinski definition) is 4. The van der Waals surface area contributed by atoms with Crippen molar-refractivity contribution in [2.45, 2.75) is 32.4 Å². The number of benzene rings is 3. The number of imidazole rings is 1. The molecule has 4 aromatic rings. The second kappa shape index (κ2) is 11.2. The fourth-order valence-electron chi connectivity index (χ4n) is 3.83. The smallest absolute Gasteiger partial charge is 0.161 e. The summed E-state index contributed by atoms with van der Waals surface area (Å²) in [5.41, 5.74) is 3.23. The Labute approximate surface area is 195 Å². The molecule has 1 aromatic heterocycles. The summed E-state index contributed by atoms with van der Waals surface area (Å²) in [4.78, 5) is 4.83. The molecule has 0 spiro atoms. The van der Waals surface area contributed by atoms with Gasteiger partial charge in [0.1, 0.15) is 18.2 Å². The molecule has 0 aliphatic rings. The molecule has 1 heterocycles. The highest BCUT2D eigenvalue weighted by molar-refractivity contribution is 5.75. The van der Waals surface area contributed by atoms with Crippen molar-refractivity contribution in [1.29, 1.82) is 0 Å². The number of aryl methyl sites for hydroxylation is 1. The molecule has 0 amide bonds. The lowest BCUT2D eigenvalue weighted by molar-refractivity contribution is 0.269. The van der Waals surface area contributed by atoms with Crippen LogP contribution in [-0.2, 0) is 19.6 Å². The van der Waals surface area contributed by atoms with E-state index in [-0.39, 0.29) is 0 Å². The van der Waals surface area contributed by atoms with Gasteiger partial charge in [0, 0.05) is 6.54 Å². The number of rotatable bonds is 12. The van der Waals surface area contributed by atoms with Crippen LogP contribution in [0.2, 0.25) is 0 Å². The van der Waals surface area contributed by atoms with Crippen molar-refractivity contribution in [1.82, 2.24) is 9.55 Å². The molecular weight excluding hydrogens is 412 g/mol. The number of para-hydroxylation sites is 3. The second-order valence-corrected chi connectivity index (χ2v) is 7.80. The molecule has 5 nitrogen and oxygen atoms in total. The molecule has 0 radical (unpaired) electrons. The van der Waals surface area contributed by atoms with E-state index in [1.54, 1.807) is 7.11 Å². The van der Waals surface area contributed by atoms with E-state index in [1.807, 2.05) is 72.8 Å². The van der Waals surface area contributed by atoms with Crippen molar-refractivity contribution in [3.05, 3.63) is 96.8 Å². The zero-order valence-corrected chi connectivity index (χ0v) is 19.1. The summed E-state index contributed by atoms with van der Waals surface area (Å²) in [6.45, 7) is 5.71. The molecule has 0 aliphatic heterocycles. The quantitative estimate of drug-likeness (QED) is 0.193. The van der Waals surface area contributed by atoms with Gasteiger partial charge < -0.3 is 18.8 Å². The van der Waals surface area contributed by atoms with Gasteiger partial charge in [0.2, 0.25) is 0 Å². The summed E-state index contributed by atoms with van der Waals surface area (Å²) in [6.07, 6.45) is 4.61. The molecule has 33 heavy (non-hydrogen) atoms. The first-order valence-corrected chi connectivity index (χ1v) is 11.3. The standard InChI is InChI=1S/C28H30N2O3/c1-3-11-22-16-17-26(27(20-22)31-2)33-21-28-29-24-14-7-8-15-25(24)30(28)18-9-10-19-32-23-12-5-4-6-13-23/h3-8,12-17,20H,1,9-11,18-19,21H2,2H3. The molecule has 0 unspecified atom stereocenters. The van der Waals surface area contributed by atoms with Crippen LogP contribution in [-0.4, -0.2) is 23.3 Å². The monoisotopic (exact) mass is 442 g/mol. The van der Waals surface area contributed by atoms with E-state index in [0.717, 1.165) is 59.7 Å². The first-order valence-electron chi connectivity index (χ1n) is 11.3. The summed E-state index contributed by atoms with van der Waals surface area (Å²) in [5, 5.41) is 0. The topological polar surface area (TPSA) is 45.5 Å². The van der Waals surface area contributed by atoms with Gasteiger partial charge in [-0.2, -0.15) is 0 Å². The highest BCUT2D eigenvalue weighted by Crippen LogP contribution is 2.29. The van der Waals surface area contributed by atoms with Gasteiger partial charge in [-0.15, -0.1) is 6.58 Å². The summed E-state index contributed by atoms with van der Waals surface area (Å²) in [7, 11) is 1.66. The van der Waals surface area contributed by atoms with Crippen LogP contribution in [0.5, 0.6) is 17.2 Å². The van der Waals surface area contributed by atoms with E-state index >= 15 is 0 Å². The Bertz CT molecular complexity index is 1180. The van der Waals surface area contributed by atoms with Gasteiger partial charge in [-0.3, -0.25) is 0 Å². The molecule has 0 saturated heterocycles. The predicted octanol–water partition coefficient (Wildman–Crippen LogP) is 6.21. The number of allylic oxidation sites excluding steroid dienone is 1. The van der Waals surface area contributed by atoms with Crippen molar-refractivity contribution in [2.75, 3.05) is 13.7 Å². The van der Waals surface area contributed by atoms with E-state index in [2.05, 4.69) is 17.2 Å². The van der Waals surface area contributed by atoms with E-state index in [4.69, 9.17) is 19.2 Å². The molecule has 4 rings (SSSR count). The predicted molar refractivity (Wildman–Crippen MR) is 132 cm³/mol. The lowest BCUT2D eigenvalue weighted by atomic mass is 10.1. The summed E-state index contributed by atoms with van der Waals surface area (Å²) >= 11 is 0. The maximum atomic E-state index is 6.14. The van der Waals surface area contributed by atoms with E-state index in [9.17, 15) is 0 Å². The Balaban J connectivity index is 1.42. The highest BCUT2D eigenvalue weighted by atomic mass is 16.5. The first kappa shape index (κ1) is 22.5. The van der Waals surface area contributed by atoms with Crippen LogP contribution >= 0.6 is 0 Å². The van der Waals surface area contributed by atoms with Crippen LogP contribution in [0.25, 0.3) is 11.0 Å². The van der Waals surface area contributed by atoms with Gasteiger partial charge in [-0.25, -0.2) is 4.98 Å². The zero-order chi connectivity index (χ0) is 22.9. The maximum Gasteiger partial charge on any atom is 0.161 e. The van der Waals surface area contributed by atoms with Crippen LogP contribution in [0.1, 0.15) is 24.2 Å². The second-order valence-electron chi connectivity index (χ2n) is 7.80. The van der Waals surface area contributed by atoms with Gasteiger partial charge >= 0.3 is 0 Å². The van der Waals surface area contributed by atoms with Gasteiger partial charge in [-0.1, -0.05) is 42.5 Å². The minimum Gasteiger partial charge on any atom is -0.494 e.